The molecule has 0 amide bonds. The molecule has 0 aromatic heterocycles. The summed E-state index contributed by atoms with van der Waals surface area (Å²) in [5.74, 6) is 0.657. The molecular formula is C22H25F3N2OS. The first-order valence-electron chi connectivity index (χ1n) is 10.0. The van der Waals surface area contributed by atoms with E-state index in [0.717, 1.165) is 61.3 Å². The Morgan fingerprint density at radius 2 is 1.83 bits per heavy atom. The number of piperidine rings is 1. The molecule has 7 heteroatoms. The molecule has 156 valence electrons. The minimum Gasteiger partial charge on any atom is -0.405 e. The Kier molecular flexibility index (Phi) is 6.37. The van der Waals surface area contributed by atoms with Gasteiger partial charge >= 0.3 is 6.36 Å². The summed E-state index contributed by atoms with van der Waals surface area (Å²) in [6.07, 6.45) is -1.58. The molecule has 0 spiro atoms. The monoisotopic (exact) mass is 422 g/mol. The van der Waals surface area contributed by atoms with E-state index < -0.39 is 6.36 Å². The SMILES string of the molecule is FC(F)(F)Oc1ccc(CSC2CCNCC2)cc1-c1cccc2c1CNCC2. The van der Waals surface area contributed by atoms with Crippen LogP contribution in [-0.4, -0.2) is 31.2 Å². The predicted molar refractivity (Wildman–Crippen MR) is 111 cm³/mol. The molecule has 0 atom stereocenters. The molecule has 3 nitrogen and oxygen atoms in total. The number of ether oxygens (including phenoxy) is 1. The fourth-order valence-electron chi connectivity index (χ4n) is 4.03. The molecular weight excluding hydrogens is 397 g/mol. The highest BCUT2D eigenvalue weighted by Crippen LogP contribution is 2.39. The van der Waals surface area contributed by atoms with Crippen molar-refractivity contribution in [1.82, 2.24) is 10.6 Å². The van der Waals surface area contributed by atoms with Gasteiger partial charge in [0.25, 0.3) is 0 Å². The largest absolute Gasteiger partial charge is 0.573 e. The average Bonchev–Trinajstić information content (AvgIpc) is 2.72. The Morgan fingerprint density at radius 3 is 2.62 bits per heavy atom. The van der Waals surface area contributed by atoms with Gasteiger partial charge in [0.1, 0.15) is 5.75 Å². The third-order valence-electron chi connectivity index (χ3n) is 5.48. The summed E-state index contributed by atoms with van der Waals surface area (Å²) >= 11 is 1.89. The number of rotatable bonds is 5. The van der Waals surface area contributed by atoms with Crippen LogP contribution in [-0.2, 0) is 18.7 Å². The van der Waals surface area contributed by atoms with Crippen molar-refractivity contribution in [3.05, 3.63) is 53.1 Å². The second-order valence-corrected chi connectivity index (χ2v) is 8.80. The van der Waals surface area contributed by atoms with Crippen molar-refractivity contribution in [1.29, 1.82) is 0 Å². The average molecular weight is 423 g/mol. The molecule has 0 radical (unpaired) electrons. The van der Waals surface area contributed by atoms with Gasteiger partial charge in [-0.25, -0.2) is 0 Å². The number of halogens is 3. The van der Waals surface area contributed by atoms with Gasteiger partial charge in [0, 0.05) is 23.1 Å². The van der Waals surface area contributed by atoms with E-state index >= 15 is 0 Å². The predicted octanol–water partition coefficient (Wildman–Crippen LogP) is 4.88. The van der Waals surface area contributed by atoms with Crippen molar-refractivity contribution in [3.8, 4) is 16.9 Å². The van der Waals surface area contributed by atoms with E-state index in [9.17, 15) is 13.2 Å². The Bertz CT molecular complexity index is 850. The van der Waals surface area contributed by atoms with Gasteiger partial charge < -0.3 is 15.4 Å². The number of thioether (sulfide) groups is 1. The first-order chi connectivity index (χ1) is 14.0. The molecule has 0 aliphatic carbocycles. The number of hydrogen-bond donors (Lipinski definition) is 2. The van der Waals surface area contributed by atoms with E-state index in [2.05, 4.69) is 21.4 Å². The highest BCUT2D eigenvalue weighted by molar-refractivity contribution is 7.99. The third kappa shape index (κ3) is 5.27. The normalized spacial score (nSPS) is 17.8. The van der Waals surface area contributed by atoms with Crippen LogP contribution in [0.2, 0.25) is 0 Å². The molecule has 2 aliphatic heterocycles. The second-order valence-electron chi connectivity index (χ2n) is 7.51. The zero-order chi connectivity index (χ0) is 20.3. The molecule has 0 bridgehead atoms. The lowest BCUT2D eigenvalue weighted by molar-refractivity contribution is -0.274. The van der Waals surface area contributed by atoms with Crippen LogP contribution in [0.4, 0.5) is 13.2 Å². The van der Waals surface area contributed by atoms with Gasteiger partial charge in [-0.2, -0.15) is 11.8 Å². The molecule has 2 heterocycles. The van der Waals surface area contributed by atoms with Crippen molar-refractivity contribution < 1.29 is 17.9 Å². The maximum Gasteiger partial charge on any atom is 0.573 e. The fourth-order valence-corrected chi connectivity index (χ4v) is 5.21. The van der Waals surface area contributed by atoms with E-state index in [1.807, 2.05) is 30.0 Å². The maximum absolute atomic E-state index is 13.0. The van der Waals surface area contributed by atoms with E-state index in [1.165, 1.54) is 11.6 Å². The zero-order valence-electron chi connectivity index (χ0n) is 16.1. The summed E-state index contributed by atoms with van der Waals surface area (Å²) in [7, 11) is 0. The van der Waals surface area contributed by atoms with Crippen LogP contribution in [0.5, 0.6) is 5.75 Å². The van der Waals surface area contributed by atoms with Crippen molar-refractivity contribution in [2.24, 2.45) is 0 Å². The highest BCUT2D eigenvalue weighted by atomic mass is 32.2. The van der Waals surface area contributed by atoms with Crippen LogP contribution >= 0.6 is 11.8 Å². The molecule has 4 rings (SSSR count). The number of fused-ring (bicyclic) bond motifs is 1. The van der Waals surface area contributed by atoms with Crippen molar-refractivity contribution >= 4 is 11.8 Å². The molecule has 1 saturated heterocycles. The Hall–Kier alpha value is -1.70. The summed E-state index contributed by atoms with van der Waals surface area (Å²) in [5, 5.41) is 7.28. The van der Waals surface area contributed by atoms with Gasteiger partial charge in [0.15, 0.2) is 0 Å². The van der Waals surface area contributed by atoms with Crippen molar-refractivity contribution in [2.45, 2.75) is 43.2 Å². The molecule has 2 aliphatic rings. The van der Waals surface area contributed by atoms with Gasteiger partial charge in [-0.1, -0.05) is 24.3 Å². The van der Waals surface area contributed by atoms with E-state index in [0.29, 0.717) is 17.4 Å². The minimum atomic E-state index is -4.72. The maximum atomic E-state index is 13.0. The van der Waals surface area contributed by atoms with E-state index in [-0.39, 0.29) is 5.75 Å². The number of benzene rings is 2. The van der Waals surface area contributed by atoms with Gasteiger partial charge in [0.2, 0.25) is 0 Å². The summed E-state index contributed by atoms with van der Waals surface area (Å²) in [5.41, 5.74) is 4.62. The third-order valence-corrected chi connectivity index (χ3v) is 6.92. The molecule has 29 heavy (non-hydrogen) atoms. The van der Waals surface area contributed by atoms with E-state index in [4.69, 9.17) is 0 Å². The van der Waals surface area contributed by atoms with Crippen molar-refractivity contribution in [2.75, 3.05) is 19.6 Å². The molecule has 0 saturated carbocycles. The second kappa shape index (κ2) is 8.98. The van der Waals surface area contributed by atoms with E-state index in [1.54, 1.807) is 6.07 Å². The van der Waals surface area contributed by atoms with Gasteiger partial charge in [-0.3, -0.25) is 0 Å². The number of alkyl halides is 3. The first kappa shape index (κ1) is 20.6. The molecule has 2 aromatic rings. The Labute approximate surface area is 173 Å². The van der Waals surface area contributed by atoms with Crippen LogP contribution in [0.3, 0.4) is 0 Å². The Balaban J connectivity index is 1.65. The van der Waals surface area contributed by atoms with Gasteiger partial charge in [-0.05, 0) is 73.3 Å². The summed E-state index contributed by atoms with van der Waals surface area (Å²) < 4.78 is 43.5. The molecule has 2 N–H and O–H groups in total. The summed E-state index contributed by atoms with van der Waals surface area (Å²) in [6.45, 7) is 3.61. The summed E-state index contributed by atoms with van der Waals surface area (Å²) in [6, 6.07) is 11.0. The smallest absolute Gasteiger partial charge is 0.405 e. The molecule has 2 aromatic carbocycles. The quantitative estimate of drug-likeness (QED) is 0.719. The molecule has 0 unspecified atom stereocenters. The van der Waals surface area contributed by atoms with Gasteiger partial charge in [-0.15, -0.1) is 13.2 Å². The summed E-state index contributed by atoms with van der Waals surface area (Å²) in [4.78, 5) is 0. The van der Waals surface area contributed by atoms with Crippen molar-refractivity contribution in [3.63, 3.8) is 0 Å². The lowest BCUT2D eigenvalue weighted by Crippen LogP contribution is -2.29. The van der Waals surface area contributed by atoms with Crippen LogP contribution in [0.25, 0.3) is 11.1 Å². The van der Waals surface area contributed by atoms with Gasteiger partial charge in [0.05, 0.1) is 0 Å². The van der Waals surface area contributed by atoms with Crippen LogP contribution in [0.15, 0.2) is 36.4 Å². The zero-order valence-corrected chi connectivity index (χ0v) is 17.0. The fraction of sp³-hybridized carbons (Fsp3) is 0.455. The number of hydrogen-bond acceptors (Lipinski definition) is 4. The lowest BCUT2D eigenvalue weighted by atomic mass is 9.91. The Morgan fingerprint density at radius 1 is 1.00 bits per heavy atom. The first-order valence-corrected chi connectivity index (χ1v) is 11.1. The van der Waals surface area contributed by atoms with Crippen LogP contribution in [0, 0.1) is 0 Å². The van der Waals surface area contributed by atoms with Crippen LogP contribution < -0.4 is 15.4 Å². The lowest BCUT2D eigenvalue weighted by Gasteiger charge is -2.23. The standard InChI is InChI=1S/C22H25F3N2OS/c23-22(24,25)28-21-5-4-15(14-29-17-7-10-26-11-8-17)12-19(21)18-3-1-2-16-6-9-27-13-20(16)18/h1-5,12,17,26-27H,6-11,13-14H2. The van der Waals surface area contributed by atoms with Crippen LogP contribution in [0.1, 0.15) is 29.5 Å². The number of nitrogens with one attached hydrogen (secondary N) is 2. The highest BCUT2D eigenvalue weighted by Gasteiger charge is 2.32. The molecule has 1 fully saturated rings. The topological polar surface area (TPSA) is 33.3 Å². The minimum absolute atomic E-state index is 0.132.